The number of carbonyl (C=O) groups is 2. The number of nitrogens with one attached hydrogen (secondary N) is 2. The molecule has 3 heterocycles. The van der Waals surface area contributed by atoms with Crippen LogP contribution in [0.4, 0.5) is 4.79 Å². The van der Waals surface area contributed by atoms with Gasteiger partial charge in [0.25, 0.3) is 5.91 Å². The SMILES string of the molecule is COc1ccc(C2NC(=O)NC3=C2C(=O)N(CC2CCCO2)C3)cc1OC. The van der Waals surface area contributed by atoms with E-state index in [1.165, 1.54) is 0 Å². The second-order valence-corrected chi connectivity index (χ2v) is 6.86. The molecule has 1 aromatic rings. The minimum Gasteiger partial charge on any atom is -0.493 e. The van der Waals surface area contributed by atoms with Crippen molar-refractivity contribution in [1.29, 1.82) is 0 Å². The molecule has 0 aromatic heterocycles. The van der Waals surface area contributed by atoms with Crippen LogP contribution in [0.25, 0.3) is 0 Å². The molecule has 0 radical (unpaired) electrons. The fraction of sp³-hybridized carbons (Fsp3) is 0.474. The van der Waals surface area contributed by atoms with E-state index in [4.69, 9.17) is 14.2 Å². The monoisotopic (exact) mass is 373 g/mol. The standard InChI is InChI=1S/C19H23N3O5/c1-25-14-6-5-11(8-15(14)26-2)17-16-13(20-19(24)21-17)10-22(18(16)23)9-12-4-3-7-27-12/h5-6,8,12,17H,3-4,7,9-10H2,1-2H3,(H2,20,21,24). The zero-order chi connectivity index (χ0) is 19.0. The van der Waals surface area contributed by atoms with E-state index in [-0.39, 0.29) is 18.0 Å². The normalized spacial score (nSPS) is 24.6. The molecule has 3 aliphatic heterocycles. The van der Waals surface area contributed by atoms with Gasteiger partial charge in [-0.3, -0.25) is 4.79 Å². The molecule has 2 N–H and O–H groups in total. The molecule has 3 aliphatic rings. The number of benzene rings is 1. The molecule has 8 heteroatoms. The number of nitrogens with zero attached hydrogens (tertiary/aromatic N) is 1. The van der Waals surface area contributed by atoms with Crippen molar-refractivity contribution in [2.75, 3.05) is 33.9 Å². The summed E-state index contributed by atoms with van der Waals surface area (Å²) in [6.07, 6.45) is 2.04. The first-order chi connectivity index (χ1) is 13.1. The van der Waals surface area contributed by atoms with Gasteiger partial charge in [0.1, 0.15) is 0 Å². The van der Waals surface area contributed by atoms with Gasteiger partial charge in [0.2, 0.25) is 0 Å². The van der Waals surface area contributed by atoms with E-state index >= 15 is 0 Å². The van der Waals surface area contributed by atoms with Crippen LogP contribution in [0.2, 0.25) is 0 Å². The fourth-order valence-electron chi connectivity index (χ4n) is 3.89. The molecule has 1 aromatic carbocycles. The Hall–Kier alpha value is -2.74. The third-order valence-corrected chi connectivity index (χ3v) is 5.21. The van der Waals surface area contributed by atoms with Gasteiger partial charge in [-0.05, 0) is 30.5 Å². The highest BCUT2D eigenvalue weighted by Gasteiger charge is 2.41. The van der Waals surface area contributed by atoms with Gasteiger partial charge in [-0.1, -0.05) is 6.07 Å². The van der Waals surface area contributed by atoms with Crippen molar-refractivity contribution in [3.8, 4) is 11.5 Å². The summed E-state index contributed by atoms with van der Waals surface area (Å²) in [5.74, 6) is 1.06. The predicted octanol–water partition coefficient (Wildman–Crippen LogP) is 1.33. The molecule has 0 aliphatic carbocycles. The van der Waals surface area contributed by atoms with Crippen molar-refractivity contribution in [2.24, 2.45) is 0 Å². The Morgan fingerprint density at radius 3 is 2.74 bits per heavy atom. The third-order valence-electron chi connectivity index (χ3n) is 5.21. The van der Waals surface area contributed by atoms with Crippen LogP contribution in [-0.4, -0.2) is 56.9 Å². The second kappa shape index (κ2) is 7.11. The molecule has 4 rings (SSSR count). The average molecular weight is 373 g/mol. The Kier molecular flexibility index (Phi) is 4.65. The van der Waals surface area contributed by atoms with E-state index in [1.807, 2.05) is 6.07 Å². The lowest BCUT2D eigenvalue weighted by Gasteiger charge is -2.26. The summed E-state index contributed by atoms with van der Waals surface area (Å²) in [5.41, 5.74) is 1.99. The van der Waals surface area contributed by atoms with Gasteiger partial charge < -0.3 is 29.7 Å². The Labute approximate surface area is 157 Å². The Morgan fingerprint density at radius 2 is 2.04 bits per heavy atom. The smallest absolute Gasteiger partial charge is 0.319 e. The molecule has 1 saturated heterocycles. The summed E-state index contributed by atoms with van der Waals surface area (Å²) in [5, 5.41) is 5.64. The summed E-state index contributed by atoms with van der Waals surface area (Å²) in [7, 11) is 3.12. The van der Waals surface area contributed by atoms with Crippen LogP contribution in [0.5, 0.6) is 11.5 Å². The summed E-state index contributed by atoms with van der Waals surface area (Å²) in [4.78, 5) is 27.0. The van der Waals surface area contributed by atoms with Gasteiger partial charge in [0.05, 0.1) is 44.2 Å². The summed E-state index contributed by atoms with van der Waals surface area (Å²) in [6.45, 7) is 1.68. The van der Waals surface area contributed by atoms with Crippen LogP contribution in [0.3, 0.4) is 0 Å². The molecular weight excluding hydrogens is 350 g/mol. The molecular formula is C19H23N3O5. The maximum absolute atomic E-state index is 13.1. The van der Waals surface area contributed by atoms with Crippen LogP contribution < -0.4 is 20.1 Å². The van der Waals surface area contributed by atoms with Gasteiger partial charge in [-0.15, -0.1) is 0 Å². The topological polar surface area (TPSA) is 89.1 Å². The lowest BCUT2D eigenvalue weighted by Crippen LogP contribution is -2.44. The highest BCUT2D eigenvalue weighted by atomic mass is 16.5. The molecule has 27 heavy (non-hydrogen) atoms. The Balaban J connectivity index is 1.62. The van der Waals surface area contributed by atoms with Gasteiger partial charge in [-0.25, -0.2) is 4.79 Å². The fourth-order valence-corrected chi connectivity index (χ4v) is 3.89. The van der Waals surface area contributed by atoms with Crippen LogP contribution in [-0.2, 0) is 9.53 Å². The molecule has 0 bridgehead atoms. The summed E-state index contributed by atoms with van der Waals surface area (Å²) in [6, 6.07) is 4.54. The first-order valence-electron chi connectivity index (χ1n) is 9.04. The van der Waals surface area contributed by atoms with Crippen LogP contribution in [0.1, 0.15) is 24.4 Å². The Bertz CT molecular complexity index is 801. The van der Waals surface area contributed by atoms with E-state index in [0.29, 0.717) is 35.9 Å². The lowest BCUT2D eigenvalue weighted by molar-refractivity contribution is -0.127. The largest absolute Gasteiger partial charge is 0.493 e. The zero-order valence-corrected chi connectivity index (χ0v) is 15.4. The highest BCUT2D eigenvalue weighted by Crippen LogP contribution is 2.36. The lowest BCUT2D eigenvalue weighted by atomic mass is 9.96. The molecule has 1 fully saturated rings. The van der Waals surface area contributed by atoms with Crippen molar-refractivity contribution in [3.63, 3.8) is 0 Å². The number of hydrogen-bond donors (Lipinski definition) is 2. The molecule has 3 amide bonds. The molecule has 2 atom stereocenters. The molecule has 0 saturated carbocycles. The second-order valence-electron chi connectivity index (χ2n) is 6.86. The first kappa shape index (κ1) is 17.7. The number of carbonyl (C=O) groups excluding carboxylic acids is 2. The number of methoxy groups -OCH3 is 2. The van der Waals surface area contributed by atoms with Crippen molar-refractivity contribution >= 4 is 11.9 Å². The molecule has 2 unspecified atom stereocenters. The number of rotatable bonds is 5. The highest BCUT2D eigenvalue weighted by molar-refractivity contribution is 6.01. The minimum absolute atomic E-state index is 0.0681. The molecule has 144 valence electrons. The van der Waals surface area contributed by atoms with Gasteiger partial charge >= 0.3 is 6.03 Å². The van der Waals surface area contributed by atoms with Crippen LogP contribution in [0, 0.1) is 0 Å². The third kappa shape index (κ3) is 3.21. The van der Waals surface area contributed by atoms with E-state index < -0.39 is 6.04 Å². The van der Waals surface area contributed by atoms with E-state index in [1.54, 1.807) is 31.3 Å². The predicted molar refractivity (Wildman–Crippen MR) is 96.5 cm³/mol. The van der Waals surface area contributed by atoms with Gasteiger partial charge in [0, 0.05) is 13.2 Å². The number of ether oxygens (including phenoxy) is 3. The quantitative estimate of drug-likeness (QED) is 0.813. The van der Waals surface area contributed by atoms with Gasteiger partial charge in [0.15, 0.2) is 11.5 Å². The van der Waals surface area contributed by atoms with Crippen molar-refractivity contribution in [2.45, 2.75) is 25.0 Å². The first-order valence-corrected chi connectivity index (χ1v) is 9.04. The van der Waals surface area contributed by atoms with Crippen molar-refractivity contribution in [1.82, 2.24) is 15.5 Å². The minimum atomic E-state index is -0.532. The van der Waals surface area contributed by atoms with Gasteiger partial charge in [-0.2, -0.15) is 0 Å². The average Bonchev–Trinajstić information content (AvgIpc) is 3.29. The maximum atomic E-state index is 13.1. The number of amides is 3. The van der Waals surface area contributed by atoms with Crippen LogP contribution >= 0.6 is 0 Å². The Morgan fingerprint density at radius 1 is 1.22 bits per heavy atom. The van der Waals surface area contributed by atoms with E-state index in [2.05, 4.69) is 10.6 Å². The summed E-state index contributed by atoms with van der Waals surface area (Å²) < 4.78 is 16.3. The molecule has 0 spiro atoms. The number of urea groups is 1. The molecule has 8 nitrogen and oxygen atoms in total. The van der Waals surface area contributed by atoms with Crippen LogP contribution in [0.15, 0.2) is 29.5 Å². The van der Waals surface area contributed by atoms with Crippen molar-refractivity contribution < 1.29 is 23.8 Å². The zero-order valence-electron chi connectivity index (χ0n) is 15.4. The van der Waals surface area contributed by atoms with E-state index in [9.17, 15) is 9.59 Å². The van der Waals surface area contributed by atoms with Crippen molar-refractivity contribution in [3.05, 3.63) is 35.0 Å². The number of hydrogen-bond acceptors (Lipinski definition) is 5. The maximum Gasteiger partial charge on any atom is 0.319 e. The van der Waals surface area contributed by atoms with E-state index in [0.717, 1.165) is 25.0 Å². The summed E-state index contributed by atoms with van der Waals surface area (Å²) >= 11 is 0.